The minimum absolute atomic E-state index is 0.626. The predicted octanol–water partition coefficient (Wildman–Crippen LogP) is 12.8. The van der Waals surface area contributed by atoms with Gasteiger partial charge in [0.05, 0.1) is 0 Å². The first-order valence-electron chi connectivity index (χ1n) is 16.5. The lowest BCUT2D eigenvalue weighted by molar-refractivity contribution is 0.623. The van der Waals surface area contributed by atoms with E-state index in [2.05, 4.69) is 126 Å². The number of nitrogens with zero attached hydrogens (tertiary/aromatic N) is 2. The van der Waals surface area contributed by atoms with Crippen LogP contribution in [0.3, 0.4) is 0 Å². The van der Waals surface area contributed by atoms with Gasteiger partial charge < -0.3 is 13.7 Å². The summed E-state index contributed by atoms with van der Waals surface area (Å²) in [6.45, 7) is 0. The molecule has 0 amide bonds. The van der Waals surface area contributed by atoms with Gasteiger partial charge in [0.25, 0.3) is 0 Å². The zero-order chi connectivity index (χ0) is 32.3. The molecule has 0 saturated heterocycles. The molecule has 0 saturated carbocycles. The average molecular weight is 629 g/mol. The molecule has 10 rings (SSSR count). The third-order valence-corrected chi connectivity index (χ3v) is 9.47. The van der Waals surface area contributed by atoms with E-state index < -0.39 is 0 Å². The fourth-order valence-electron chi connectivity index (χ4n) is 7.14. The number of hydrogen-bond donors (Lipinski definition) is 0. The van der Waals surface area contributed by atoms with Gasteiger partial charge in [0.15, 0.2) is 5.58 Å². The van der Waals surface area contributed by atoms with E-state index in [0.29, 0.717) is 5.89 Å². The zero-order valence-corrected chi connectivity index (χ0v) is 26.4. The van der Waals surface area contributed by atoms with Crippen molar-refractivity contribution in [1.82, 2.24) is 4.98 Å². The van der Waals surface area contributed by atoms with Crippen molar-refractivity contribution in [3.8, 4) is 22.6 Å². The lowest BCUT2D eigenvalue weighted by atomic mass is 9.99. The predicted molar refractivity (Wildman–Crippen MR) is 202 cm³/mol. The molecule has 0 aliphatic rings. The Hall–Kier alpha value is -6.65. The van der Waals surface area contributed by atoms with Gasteiger partial charge >= 0.3 is 0 Å². The Labute approximate surface area is 282 Å². The van der Waals surface area contributed by atoms with Gasteiger partial charge in [0.1, 0.15) is 16.7 Å². The number of rotatable bonds is 5. The van der Waals surface area contributed by atoms with Crippen molar-refractivity contribution in [2.45, 2.75) is 0 Å². The van der Waals surface area contributed by atoms with Crippen molar-refractivity contribution in [2.24, 2.45) is 0 Å². The molecule has 0 atom stereocenters. The summed E-state index contributed by atoms with van der Waals surface area (Å²) in [7, 11) is 0. The number of furan rings is 1. The quantitative estimate of drug-likeness (QED) is 0.178. The third-order valence-electron chi connectivity index (χ3n) is 9.47. The van der Waals surface area contributed by atoms with Crippen LogP contribution in [0.1, 0.15) is 0 Å². The van der Waals surface area contributed by atoms with Crippen LogP contribution in [-0.2, 0) is 0 Å². The Morgan fingerprint density at radius 2 is 1.10 bits per heavy atom. The maximum atomic E-state index is 6.52. The highest BCUT2D eigenvalue weighted by Crippen LogP contribution is 2.41. The second-order valence-electron chi connectivity index (χ2n) is 12.4. The molecule has 4 heteroatoms. The Morgan fingerprint density at radius 3 is 1.96 bits per heavy atom. The molecule has 0 bridgehead atoms. The van der Waals surface area contributed by atoms with E-state index in [1.807, 2.05) is 48.5 Å². The van der Waals surface area contributed by atoms with Crippen molar-refractivity contribution >= 4 is 71.6 Å². The van der Waals surface area contributed by atoms with Crippen molar-refractivity contribution < 1.29 is 8.83 Å². The highest BCUT2D eigenvalue weighted by Gasteiger charge is 2.18. The second kappa shape index (κ2) is 11.0. The first kappa shape index (κ1) is 27.5. The molecule has 0 unspecified atom stereocenters. The fourth-order valence-corrected chi connectivity index (χ4v) is 7.14. The van der Waals surface area contributed by atoms with Gasteiger partial charge in [-0.2, -0.15) is 0 Å². The second-order valence-corrected chi connectivity index (χ2v) is 12.4. The van der Waals surface area contributed by atoms with E-state index in [1.165, 1.54) is 0 Å². The van der Waals surface area contributed by atoms with Crippen molar-refractivity contribution in [3.63, 3.8) is 0 Å². The van der Waals surface area contributed by atoms with E-state index in [4.69, 9.17) is 13.8 Å². The van der Waals surface area contributed by atoms with E-state index in [0.717, 1.165) is 88.3 Å². The first-order valence-corrected chi connectivity index (χ1v) is 16.5. The summed E-state index contributed by atoms with van der Waals surface area (Å²) in [5.74, 6) is 0.626. The van der Waals surface area contributed by atoms with Crippen LogP contribution in [0.5, 0.6) is 0 Å². The summed E-state index contributed by atoms with van der Waals surface area (Å²) < 4.78 is 12.9. The number of para-hydroxylation sites is 3. The summed E-state index contributed by atoms with van der Waals surface area (Å²) in [6.07, 6.45) is 0. The van der Waals surface area contributed by atoms with Crippen molar-refractivity contribution in [3.05, 3.63) is 170 Å². The molecule has 0 N–H and O–H groups in total. The van der Waals surface area contributed by atoms with Crippen LogP contribution < -0.4 is 4.90 Å². The SMILES string of the molecule is c1ccc(-c2nc3ccc4ccc5ccc(N(c6ccccc6)c6ccc(-c7cccc8c7oc7ccccc78)cc6)cc5c4c3o2)cc1. The molecule has 230 valence electrons. The average Bonchev–Trinajstić information content (AvgIpc) is 3.78. The molecule has 0 fully saturated rings. The van der Waals surface area contributed by atoms with Crippen LogP contribution in [0.4, 0.5) is 17.1 Å². The van der Waals surface area contributed by atoms with Crippen LogP contribution in [0.15, 0.2) is 179 Å². The maximum Gasteiger partial charge on any atom is 0.227 e. The largest absolute Gasteiger partial charge is 0.455 e. The van der Waals surface area contributed by atoms with E-state index >= 15 is 0 Å². The normalized spacial score (nSPS) is 11.7. The number of oxazole rings is 1. The Morgan fingerprint density at radius 1 is 0.429 bits per heavy atom. The standard InChI is InChI=1S/C45H28N2O2/c1-3-10-32(11-4-1)45-46-40-27-23-31-19-18-30-22-26-35(28-39(30)42(31)44(40)49-45)47(33-12-5-2-6-13-33)34-24-20-29(21-25-34)36-15-9-16-38-37-14-7-8-17-41(37)48-43(36)38/h1-28H. The minimum Gasteiger partial charge on any atom is -0.455 e. The molecule has 4 nitrogen and oxygen atoms in total. The maximum absolute atomic E-state index is 6.52. The number of anilines is 3. The molecular formula is C45H28N2O2. The van der Waals surface area contributed by atoms with Crippen LogP contribution >= 0.6 is 0 Å². The summed E-state index contributed by atoms with van der Waals surface area (Å²) in [4.78, 5) is 7.18. The van der Waals surface area contributed by atoms with Gasteiger partial charge in [-0.15, -0.1) is 0 Å². The van der Waals surface area contributed by atoms with Crippen LogP contribution in [0, 0.1) is 0 Å². The topological polar surface area (TPSA) is 42.4 Å². The van der Waals surface area contributed by atoms with E-state index in [-0.39, 0.29) is 0 Å². The van der Waals surface area contributed by atoms with Crippen LogP contribution in [0.25, 0.3) is 77.2 Å². The Bertz CT molecular complexity index is 2820. The molecule has 0 aliphatic carbocycles. The van der Waals surface area contributed by atoms with Gasteiger partial charge in [-0.25, -0.2) is 4.98 Å². The fraction of sp³-hybridized carbons (Fsp3) is 0. The molecule has 2 aromatic heterocycles. The van der Waals surface area contributed by atoms with Crippen molar-refractivity contribution in [2.75, 3.05) is 4.90 Å². The molecule has 0 spiro atoms. The number of hydrogen-bond acceptors (Lipinski definition) is 4. The Kier molecular flexibility index (Phi) is 6.15. The summed E-state index contributed by atoms with van der Waals surface area (Å²) in [5.41, 5.74) is 9.79. The monoisotopic (exact) mass is 628 g/mol. The molecule has 0 radical (unpaired) electrons. The van der Waals surface area contributed by atoms with Gasteiger partial charge in [0.2, 0.25) is 5.89 Å². The molecule has 8 aromatic carbocycles. The molecule has 2 heterocycles. The number of benzene rings is 8. The number of aromatic nitrogens is 1. The summed E-state index contributed by atoms with van der Waals surface area (Å²) in [6, 6.07) is 59.2. The minimum atomic E-state index is 0.626. The highest BCUT2D eigenvalue weighted by atomic mass is 16.3. The highest BCUT2D eigenvalue weighted by molar-refractivity contribution is 6.18. The summed E-state index contributed by atoms with van der Waals surface area (Å²) >= 11 is 0. The van der Waals surface area contributed by atoms with E-state index in [9.17, 15) is 0 Å². The van der Waals surface area contributed by atoms with Crippen LogP contribution in [0.2, 0.25) is 0 Å². The van der Waals surface area contributed by atoms with Gasteiger partial charge in [-0.3, -0.25) is 0 Å². The third kappa shape index (κ3) is 4.49. The zero-order valence-electron chi connectivity index (χ0n) is 26.4. The molecular weight excluding hydrogens is 601 g/mol. The number of fused-ring (bicyclic) bond motifs is 8. The lowest BCUT2D eigenvalue weighted by Gasteiger charge is -2.26. The first-order chi connectivity index (χ1) is 24.3. The van der Waals surface area contributed by atoms with Gasteiger partial charge in [-0.05, 0) is 82.4 Å². The molecule has 10 aromatic rings. The van der Waals surface area contributed by atoms with E-state index in [1.54, 1.807) is 0 Å². The summed E-state index contributed by atoms with van der Waals surface area (Å²) in [5, 5.41) is 6.70. The molecule has 0 aliphatic heterocycles. The van der Waals surface area contributed by atoms with Gasteiger partial charge in [-0.1, -0.05) is 109 Å². The smallest absolute Gasteiger partial charge is 0.227 e. The molecule has 49 heavy (non-hydrogen) atoms. The lowest BCUT2D eigenvalue weighted by Crippen LogP contribution is -2.09. The van der Waals surface area contributed by atoms with Crippen LogP contribution in [-0.4, -0.2) is 4.98 Å². The Balaban J connectivity index is 1.13. The van der Waals surface area contributed by atoms with Gasteiger partial charge in [0, 0.05) is 44.3 Å². The van der Waals surface area contributed by atoms with Crippen molar-refractivity contribution in [1.29, 1.82) is 0 Å².